The van der Waals surface area contributed by atoms with Gasteiger partial charge in [0.25, 0.3) is 0 Å². The standard InChI is InChI=1S/C19H29N3O2S/c1-15-5-3-7-18-19(15)22(17-8-9-17)12-11-20(18)13-16-6-4-10-21(14-16)25(2,23)24/h3,5,7,16-17H,4,6,8-14H2,1-2H3. The van der Waals surface area contributed by atoms with Crippen LogP contribution in [0.25, 0.3) is 0 Å². The molecular weight excluding hydrogens is 334 g/mol. The van der Waals surface area contributed by atoms with E-state index in [9.17, 15) is 8.42 Å². The van der Waals surface area contributed by atoms with E-state index >= 15 is 0 Å². The molecule has 0 N–H and O–H groups in total. The molecule has 0 spiro atoms. The largest absolute Gasteiger partial charge is 0.368 e. The number of para-hydroxylation sites is 1. The molecule has 1 aromatic rings. The van der Waals surface area contributed by atoms with Gasteiger partial charge < -0.3 is 9.80 Å². The number of rotatable bonds is 4. The molecule has 6 heteroatoms. The van der Waals surface area contributed by atoms with Gasteiger partial charge in [-0.25, -0.2) is 12.7 Å². The van der Waals surface area contributed by atoms with Gasteiger partial charge in [0.2, 0.25) is 10.0 Å². The van der Waals surface area contributed by atoms with Gasteiger partial charge >= 0.3 is 0 Å². The number of anilines is 2. The van der Waals surface area contributed by atoms with Gasteiger partial charge in [0.05, 0.1) is 17.6 Å². The molecule has 1 saturated carbocycles. The van der Waals surface area contributed by atoms with Crippen molar-refractivity contribution in [3.05, 3.63) is 23.8 Å². The molecule has 2 aliphatic heterocycles. The Labute approximate surface area is 151 Å². The molecule has 2 fully saturated rings. The van der Waals surface area contributed by atoms with E-state index < -0.39 is 10.0 Å². The summed E-state index contributed by atoms with van der Waals surface area (Å²) in [6, 6.07) is 7.34. The van der Waals surface area contributed by atoms with Crippen molar-refractivity contribution in [3.63, 3.8) is 0 Å². The van der Waals surface area contributed by atoms with E-state index in [2.05, 4.69) is 34.9 Å². The Morgan fingerprint density at radius 1 is 1.12 bits per heavy atom. The van der Waals surface area contributed by atoms with Crippen molar-refractivity contribution in [1.82, 2.24) is 4.31 Å². The fourth-order valence-corrected chi connectivity index (χ4v) is 5.41. The quantitative estimate of drug-likeness (QED) is 0.824. The van der Waals surface area contributed by atoms with Crippen molar-refractivity contribution >= 4 is 21.4 Å². The average molecular weight is 364 g/mol. The lowest BCUT2D eigenvalue weighted by Gasteiger charge is -2.42. The molecule has 1 unspecified atom stereocenters. The van der Waals surface area contributed by atoms with Gasteiger partial charge in [0.1, 0.15) is 0 Å². The van der Waals surface area contributed by atoms with Crippen molar-refractivity contribution in [2.24, 2.45) is 5.92 Å². The van der Waals surface area contributed by atoms with Gasteiger partial charge in [-0.3, -0.25) is 0 Å². The summed E-state index contributed by atoms with van der Waals surface area (Å²) in [6.07, 6.45) is 6.07. The molecule has 138 valence electrons. The Balaban J connectivity index is 1.53. The molecule has 5 nitrogen and oxygen atoms in total. The first-order chi connectivity index (χ1) is 11.9. The van der Waals surface area contributed by atoms with E-state index in [4.69, 9.17) is 0 Å². The smallest absolute Gasteiger partial charge is 0.211 e. The van der Waals surface area contributed by atoms with Crippen LogP contribution in [0.1, 0.15) is 31.2 Å². The second-order valence-electron chi connectivity index (χ2n) is 7.94. The fourth-order valence-electron chi connectivity index (χ4n) is 4.46. The molecule has 25 heavy (non-hydrogen) atoms. The van der Waals surface area contributed by atoms with Crippen LogP contribution in [0.4, 0.5) is 11.4 Å². The second kappa shape index (κ2) is 6.47. The van der Waals surface area contributed by atoms with Gasteiger partial charge in [0.15, 0.2) is 0 Å². The predicted molar refractivity (Wildman–Crippen MR) is 103 cm³/mol. The van der Waals surface area contributed by atoms with Gasteiger partial charge in [-0.15, -0.1) is 0 Å². The molecule has 1 atom stereocenters. The summed E-state index contributed by atoms with van der Waals surface area (Å²) in [5.41, 5.74) is 4.11. The lowest BCUT2D eigenvalue weighted by Crippen LogP contribution is -2.47. The predicted octanol–water partition coefficient (Wildman–Crippen LogP) is 2.46. The molecule has 0 aromatic heterocycles. The molecule has 0 radical (unpaired) electrons. The third-order valence-corrected chi connectivity index (χ3v) is 7.14. The molecule has 0 bridgehead atoms. The van der Waals surface area contributed by atoms with Crippen LogP contribution in [-0.4, -0.2) is 57.7 Å². The molecule has 3 aliphatic rings. The highest BCUT2D eigenvalue weighted by Crippen LogP contribution is 2.42. The minimum Gasteiger partial charge on any atom is -0.368 e. The maximum Gasteiger partial charge on any atom is 0.211 e. The molecule has 2 heterocycles. The summed E-state index contributed by atoms with van der Waals surface area (Å²) in [5, 5.41) is 0. The van der Waals surface area contributed by atoms with Gasteiger partial charge in [0, 0.05) is 38.8 Å². The molecule has 0 amide bonds. The Hall–Kier alpha value is -1.27. The van der Waals surface area contributed by atoms with Crippen LogP contribution in [0.3, 0.4) is 0 Å². The fraction of sp³-hybridized carbons (Fsp3) is 0.684. The Morgan fingerprint density at radius 2 is 1.92 bits per heavy atom. The molecule has 4 rings (SSSR count). The minimum absolute atomic E-state index is 0.421. The van der Waals surface area contributed by atoms with Crippen molar-refractivity contribution in [2.75, 3.05) is 48.8 Å². The number of hydrogen-bond acceptors (Lipinski definition) is 4. The molecular formula is C19H29N3O2S. The van der Waals surface area contributed by atoms with E-state index in [1.165, 1.54) is 36.0 Å². The molecule has 1 saturated heterocycles. The summed E-state index contributed by atoms with van der Waals surface area (Å²) in [5.74, 6) is 0.421. The lowest BCUT2D eigenvalue weighted by atomic mass is 9.97. The Morgan fingerprint density at radius 3 is 2.64 bits per heavy atom. The van der Waals surface area contributed by atoms with Crippen molar-refractivity contribution in [3.8, 4) is 0 Å². The number of sulfonamides is 1. The number of benzene rings is 1. The van der Waals surface area contributed by atoms with Crippen LogP contribution in [0, 0.1) is 12.8 Å². The first kappa shape index (κ1) is 17.2. The zero-order chi connectivity index (χ0) is 17.6. The van der Waals surface area contributed by atoms with E-state index in [0.29, 0.717) is 19.0 Å². The monoisotopic (exact) mass is 363 g/mol. The second-order valence-corrected chi connectivity index (χ2v) is 9.92. The highest BCUT2D eigenvalue weighted by molar-refractivity contribution is 7.88. The summed E-state index contributed by atoms with van der Waals surface area (Å²) < 4.78 is 25.5. The molecule has 1 aliphatic carbocycles. The topological polar surface area (TPSA) is 43.9 Å². The Kier molecular flexibility index (Phi) is 4.44. The first-order valence-electron chi connectivity index (χ1n) is 9.50. The normalized spacial score (nSPS) is 25.1. The summed E-state index contributed by atoms with van der Waals surface area (Å²) in [4.78, 5) is 5.10. The number of nitrogens with zero attached hydrogens (tertiary/aromatic N) is 3. The SMILES string of the molecule is Cc1cccc2c1N(C1CC1)CCN2CC1CCCN(S(C)(=O)=O)C1. The number of fused-ring (bicyclic) bond motifs is 1. The van der Waals surface area contributed by atoms with Crippen LogP contribution in [0.5, 0.6) is 0 Å². The summed E-state index contributed by atoms with van der Waals surface area (Å²) >= 11 is 0. The first-order valence-corrected chi connectivity index (χ1v) is 11.3. The van der Waals surface area contributed by atoms with Crippen LogP contribution in [0.15, 0.2) is 18.2 Å². The average Bonchev–Trinajstić information content (AvgIpc) is 3.40. The summed E-state index contributed by atoms with van der Waals surface area (Å²) in [6.45, 7) is 6.65. The van der Waals surface area contributed by atoms with E-state index in [1.54, 1.807) is 4.31 Å². The Bertz CT molecular complexity index is 745. The third-order valence-electron chi connectivity index (χ3n) is 5.87. The van der Waals surface area contributed by atoms with Gasteiger partial charge in [-0.1, -0.05) is 12.1 Å². The number of aryl methyl sites for hydroxylation is 1. The highest BCUT2D eigenvalue weighted by atomic mass is 32.2. The van der Waals surface area contributed by atoms with Crippen molar-refractivity contribution in [2.45, 2.75) is 38.6 Å². The number of piperidine rings is 1. The van der Waals surface area contributed by atoms with Crippen LogP contribution >= 0.6 is 0 Å². The van der Waals surface area contributed by atoms with Crippen molar-refractivity contribution in [1.29, 1.82) is 0 Å². The van der Waals surface area contributed by atoms with Crippen LogP contribution in [0.2, 0.25) is 0 Å². The minimum atomic E-state index is -3.07. The maximum atomic E-state index is 11.9. The van der Waals surface area contributed by atoms with Crippen molar-refractivity contribution < 1.29 is 8.42 Å². The van der Waals surface area contributed by atoms with E-state index in [0.717, 1.165) is 38.5 Å². The van der Waals surface area contributed by atoms with Crippen LogP contribution < -0.4 is 9.80 Å². The zero-order valence-electron chi connectivity index (χ0n) is 15.3. The van der Waals surface area contributed by atoms with Crippen LogP contribution in [-0.2, 0) is 10.0 Å². The van der Waals surface area contributed by atoms with Gasteiger partial charge in [-0.2, -0.15) is 0 Å². The summed E-state index contributed by atoms with van der Waals surface area (Å²) in [7, 11) is -3.07. The van der Waals surface area contributed by atoms with E-state index in [-0.39, 0.29) is 0 Å². The third kappa shape index (κ3) is 3.51. The zero-order valence-corrected chi connectivity index (χ0v) is 16.1. The lowest BCUT2D eigenvalue weighted by molar-refractivity contribution is 0.269. The van der Waals surface area contributed by atoms with Gasteiger partial charge in [-0.05, 0) is 50.2 Å². The molecule has 1 aromatic carbocycles. The highest BCUT2D eigenvalue weighted by Gasteiger charge is 2.36. The number of hydrogen-bond donors (Lipinski definition) is 0. The van der Waals surface area contributed by atoms with E-state index in [1.807, 2.05) is 0 Å². The maximum absolute atomic E-state index is 11.9.